The molecule has 1 fully saturated rings. The number of hydrogen-bond donors (Lipinski definition) is 2. The first-order valence-electron chi connectivity index (χ1n) is 11.0. The zero-order valence-corrected chi connectivity index (χ0v) is 20.0. The number of rotatable bonds is 8. The van der Waals surface area contributed by atoms with E-state index in [2.05, 4.69) is 10.6 Å². The van der Waals surface area contributed by atoms with E-state index in [1.807, 2.05) is 51.1 Å². The van der Waals surface area contributed by atoms with Crippen molar-refractivity contribution in [1.82, 2.24) is 14.9 Å². The molecule has 0 radical (unpaired) electrons. The second kappa shape index (κ2) is 10.9. The molecule has 2 N–H and O–H groups in total. The molecule has 0 saturated carbocycles. The summed E-state index contributed by atoms with van der Waals surface area (Å²) in [6.45, 7) is 6.79. The van der Waals surface area contributed by atoms with Gasteiger partial charge in [0.1, 0.15) is 6.04 Å². The monoisotopic (exact) mass is 473 g/mol. The molecular weight excluding hydrogens is 442 g/mol. The lowest BCUT2D eigenvalue weighted by Gasteiger charge is -2.26. The van der Waals surface area contributed by atoms with Crippen molar-refractivity contribution in [2.75, 3.05) is 26.3 Å². The summed E-state index contributed by atoms with van der Waals surface area (Å²) in [4.78, 5) is 25.9. The molecule has 2 aromatic carbocycles. The van der Waals surface area contributed by atoms with E-state index in [4.69, 9.17) is 4.74 Å². The molecule has 1 saturated heterocycles. The Hall–Kier alpha value is -2.75. The van der Waals surface area contributed by atoms with Crippen LogP contribution < -0.4 is 10.6 Å². The third-order valence-electron chi connectivity index (χ3n) is 5.60. The molecule has 2 atom stereocenters. The van der Waals surface area contributed by atoms with Crippen molar-refractivity contribution in [2.45, 2.75) is 37.8 Å². The van der Waals surface area contributed by atoms with Crippen LogP contribution in [0.4, 0.5) is 0 Å². The van der Waals surface area contributed by atoms with Crippen LogP contribution in [0.25, 0.3) is 0 Å². The molecule has 2 aromatic rings. The van der Waals surface area contributed by atoms with Crippen LogP contribution in [-0.4, -0.2) is 56.9 Å². The second-order valence-electron chi connectivity index (χ2n) is 8.38. The molecule has 1 aliphatic heterocycles. The largest absolute Gasteiger partial charge is 0.379 e. The van der Waals surface area contributed by atoms with Crippen molar-refractivity contribution in [3.05, 3.63) is 65.7 Å². The molecule has 1 unspecified atom stereocenters. The molecule has 8 nitrogen and oxygen atoms in total. The Labute approximate surface area is 195 Å². The highest BCUT2D eigenvalue weighted by Crippen LogP contribution is 2.19. The minimum atomic E-state index is -3.73. The summed E-state index contributed by atoms with van der Waals surface area (Å²) in [5.41, 5.74) is 1.14. The van der Waals surface area contributed by atoms with Gasteiger partial charge in [0, 0.05) is 18.7 Å². The maximum absolute atomic E-state index is 13.0. The summed E-state index contributed by atoms with van der Waals surface area (Å²) < 4.78 is 32.4. The lowest BCUT2D eigenvalue weighted by Crippen LogP contribution is -2.50. The van der Waals surface area contributed by atoms with Gasteiger partial charge in [0.05, 0.1) is 24.2 Å². The van der Waals surface area contributed by atoms with Gasteiger partial charge in [-0.15, -0.1) is 0 Å². The van der Waals surface area contributed by atoms with Gasteiger partial charge in [-0.05, 0) is 36.6 Å². The number of carbonyl (C=O) groups excluding carboxylic acids is 2. The number of hydrogen-bond acceptors (Lipinski definition) is 5. The Balaban J connectivity index is 1.73. The van der Waals surface area contributed by atoms with Gasteiger partial charge in [0.2, 0.25) is 15.9 Å². The van der Waals surface area contributed by atoms with Gasteiger partial charge in [-0.3, -0.25) is 9.59 Å². The van der Waals surface area contributed by atoms with E-state index in [1.165, 1.54) is 28.6 Å². The van der Waals surface area contributed by atoms with Crippen LogP contribution in [-0.2, 0) is 19.6 Å². The summed E-state index contributed by atoms with van der Waals surface area (Å²) >= 11 is 0. The van der Waals surface area contributed by atoms with Crippen LogP contribution >= 0.6 is 0 Å². The van der Waals surface area contributed by atoms with E-state index in [0.29, 0.717) is 13.2 Å². The van der Waals surface area contributed by atoms with Crippen LogP contribution in [0, 0.1) is 5.92 Å². The minimum absolute atomic E-state index is 0.0419. The second-order valence-corrected chi connectivity index (χ2v) is 10.3. The van der Waals surface area contributed by atoms with Crippen LogP contribution in [0.5, 0.6) is 0 Å². The van der Waals surface area contributed by atoms with Crippen LogP contribution in [0.1, 0.15) is 42.7 Å². The van der Waals surface area contributed by atoms with E-state index in [0.717, 1.165) is 5.56 Å². The van der Waals surface area contributed by atoms with Gasteiger partial charge in [-0.2, -0.15) is 4.31 Å². The summed E-state index contributed by atoms with van der Waals surface area (Å²) in [7, 11) is -3.73. The molecule has 1 heterocycles. The Morgan fingerprint density at radius 2 is 1.61 bits per heavy atom. The molecule has 0 bridgehead atoms. The number of nitrogens with one attached hydrogen (secondary N) is 2. The van der Waals surface area contributed by atoms with Crippen LogP contribution in [0.15, 0.2) is 59.5 Å². The minimum Gasteiger partial charge on any atom is -0.379 e. The van der Waals surface area contributed by atoms with Gasteiger partial charge in [-0.25, -0.2) is 8.42 Å². The standard InChI is InChI=1S/C24H31N3O5S/c1-17(2)22(24(29)25-18(3)19-8-5-4-6-9-19)26-23(28)20-10-7-11-21(16-20)33(30,31)27-12-14-32-15-13-27/h4-11,16-18,22H,12-15H2,1-3H3,(H,25,29)(H,26,28)/t18?,22-/m0/s1. The van der Waals surface area contributed by atoms with E-state index < -0.39 is 22.0 Å². The molecule has 0 aromatic heterocycles. The third-order valence-corrected chi connectivity index (χ3v) is 7.49. The first-order valence-corrected chi connectivity index (χ1v) is 12.5. The van der Waals surface area contributed by atoms with Crippen molar-refractivity contribution in [2.24, 2.45) is 5.92 Å². The number of nitrogens with zero attached hydrogens (tertiary/aromatic N) is 1. The van der Waals surface area contributed by atoms with E-state index in [1.54, 1.807) is 0 Å². The van der Waals surface area contributed by atoms with E-state index >= 15 is 0 Å². The highest BCUT2D eigenvalue weighted by Gasteiger charge is 2.29. The fraction of sp³-hybridized carbons (Fsp3) is 0.417. The maximum atomic E-state index is 13.0. The van der Waals surface area contributed by atoms with Crippen molar-refractivity contribution < 1.29 is 22.7 Å². The van der Waals surface area contributed by atoms with Gasteiger partial charge < -0.3 is 15.4 Å². The number of benzene rings is 2. The van der Waals surface area contributed by atoms with Gasteiger partial charge in [0.15, 0.2) is 0 Å². The van der Waals surface area contributed by atoms with Crippen LogP contribution in [0.2, 0.25) is 0 Å². The third kappa shape index (κ3) is 6.19. The molecule has 2 amide bonds. The summed E-state index contributed by atoms with van der Waals surface area (Å²) in [5.74, 6) is -0.973. The summed E-state index contributed by atoms with van der Waals surface area (Å²) in [6, 6.07) is 14.4. The lowest BCUT2D eigenvalue weighted by molar-refractivity contribution is -0.124. The average molecular weight is 474 g/mol. The van der Waals surface area contributed by atoms with Crippen molar-refractivity contribution in [3.63, 3.8) is 0 Å². The summed E-state index contributed by atoms with van der Waals surface area (Å²) in [5, 5.41) is 5.71. The molecule has 0 spiro atoms. The van der Waals surface area contributed by atoms with E-state index in [9.17, 15) is 18.0 Å². The predicted molar refractivity (Wildman–Crippen MR) is 125 cm³/mol. The van der Waals surface area contributed by atoms with Gasteiger partial charge in [0.25, 0.3) is 5.91 Å². The number of amides is 2. The SMILES string of the molecule is CC(NC(=O)[C@@H](NC(=O)c1cccc(S(=O)(=O)N2CCOCC2)c1)C(C)C)c1ccccc1. The fourth-order valence-electron chi connectivity index (χ4n) is 3.62. The average Bonchev–Trinajstić information content (AvgIpc) is 2.83. The molecule has 9 heteroatoms. The molecule has 1 aliphatic rings. The Morgan fingerprint density at radius 3 is 2.24 bits per heavy atom. The van der Waals surface area contributed by atoms with Crippen molar-refractivity contribution >= 4 is 21.8 Å². The van der Waals surface area contributed by atoms with Crippen molar-refractivity contribution in [1.29, 1.82) is 0 Å². The number of carbonyl (C=O) groups is 2. The Bertz CT molecular complexity index is 1070. The molecule has 3 rings (SSSR count). The number of sulfonamides is 1. The molecule has 0 aliphatic carbocycles. The zero-order valence-electron chi connectivity index (χ0n) is 19.2. The van der Waals surface area contributed by atoms with Crippen molar-refractivity contribution in [3.8, 4) is 0 Å². The van der Waals surface area contributed by atoms with E-state index in [-0.39, 0.29) is 41.4 Å². The fourth-order valence-corrected chi connectivity index (χ4v) is 5.08. The zero-order chi connectivity index (χ0) is 24.0. The molecule has 178 valence electrons. The number of morpholine rings is 1. The predicted octanol–water partition coefficient (Wildman–Crippen LogP) is 2.34. The maximum Gasteiger partial charge on any atom is 0.251 e. The normalized spacial score (nSPS) is 16.7. The Morgan fingerprint density at radius 1 is 0.939 bits per heavy atom. The van der Waals surface area contributed by atoms with Gasteiger partial charge >= 0.3 is 0 Å². The smallest absolute Gasteiger partial charge is 0.251 e. The van der Waals surface area contributed by atoms with Crippen LogP contribution in [0.3, 0.4) is 0 Å². The highest BCUT2D eigenvalue weighted by molar-refractivity contribution is 7.89. The topological polar surface area (TPSA) is 105 Å². The highest BCUT2D eigenvalue weighted by atomic mass is 32.2. The summed E-state index contributed by atoms with van der Waals surface area (Å²) in [6.07, 6.45) is 0. The molecular formula is C24H31N3O5S. The van der Waals surface area contributed by atoms with Gasteiger partial charge in [-0.1, -0.05) is 50.2 Å². The first-order chi connectivity index (χ1) is 15.7. The quantitative estimate of drug-likeness (QED) is 0.612. The molecule has 33 heavy (non-hydrogen) atoms. The lowest BCUT2D eigenvalue weighted by atomic mass is 10.0. The number of ether oxygens (including phenoxy) is 1. The Kier molecular flexibility index (Phi) is 8.23. The first kappa shape index (κ1) is 24.9.